The van der Waals surface area contributed by atoms with Gasteiger partial charge < -0.3 is 9.15 Å². The zero-order chi connectivity index (χ0) is 19.1. The van der Waals surface area contributed by atoms with Crippen LogP contribution >= 0.6 is 0 Å². The predicted molar refractivity (Wildman–Crippen MR) is 107 cm³/mol. The Morgan fingerprint density at radius 1 is 1.07 bits per heavy atom. The largest absolute Gasteiger partial charge is 0.463 e. The van der Waals surface area contributed by atoms with E-state index in [0.29, 0.717) is 40.5 Å². The average molecular weight is 374 g/mol. The second kappa shape index (κ2) is 6.93. The van der Waals surface area contributed by atoms with Crippen LogP contribution in [0.2, 0.25) is 0 Å². The third-order valence-electron chi connectivity index (χ3n) is 6.38. The van der Waals surface area contributed by atoms with Crippen LogP contribution in [0.1, 0.15) is 32.1 Å². The fraction of sp³-hybridized carbons (Fsp3) is 0.333. The molecule has 2 bridgehead atoms. The highest BCUT2D eigenvalue weighted by molar-refractivity contribution is 5.83. The molecule has 0 radical (unpaired) electrons. The van der Waals surface area contributed by atoms with Crippen LogP contribution < -0.4 is 10.2 Å². The summed E-state index contributed by atoms with van der Waals surface area (Å²) >= 11 is 0. The number of esters is 1. The molecule has 2 fully saturated rings. The maximum Gasteiger partial charge on any atom is 0.311 e. The van der Waals surface area contributed by atoms with Crippen LogP contribution in [0.25, 0.3) is 22.1 Å². The zero-order valence-electron chi connectivity index (χ0n) is 15.6. The predicted octanol–water partition coefficient (Wildman–Crippen LogP) is 5.19. The third kappa shape index (κ3) is 3.13. The molecule has 2 aliphatic rings. The highest BCUT2D eigenvalue weighted by Crippen LogP contribution is 2.49. The van der Waals surface area contributed by atoms with E-state index in [9.17, 15) is 9.59 Å². The van der Waals surface area contributed by atoms with E-state index in [0.717, 1.165) is 17.9 Å². The molecule has 2 saturated carbocycles. The van der Waals surface area contributed by atoms with Gasteiger partial charge >= 0.3 is 5.97 Å². The van der Waals surface area contributed by atoms with Crippen molar-refractivity contribution in [2.75, 3.05) is 0 Å². The first-order valence-electron chi connectivity index (χ1n) is 9.99. The van der Waals surface area contributed by atoms with Crippen LogP contribution in [0.15, 0.2) is 64.0 Å². The Kier molecular flexibility index (Phi) is 4.27. The maximum absolute atomic E-state index is 12.8. The van der Waals surface area contributed by atoms with Gasteiger partial charge in [0.2, 0.25) is 0 Å². The van der Waals surface area contributed by atoms with Gasteiger partial charge in [-0.15, -0.1) is 0 Å². The quantitative estimate of drug-likeness (QED) is 0.466. The first-order chi connectivity index (χ1) is 13.7. The third-order valence-corrected chi connectivity index (χ3v) is 6.38. The van der Waals surface area contributed by atoms with Gasteiger partial charge in [0, 0.05) is 12.5 Å². The minimum absolute atomic E-state index is 0.0905. The van der Waals surface area contributed by atoms with E-state index in [-0.39, 0.29) is 11.4 Å². The summed E-state index contributed by atoms with van der Waals surface area (Å²) in [6, 6.07) is 14.4. The molecule has 3 aromatic rings. The van der Waals surface area contributed by atoms with Crippen molar-refractivity contribution in [2.45, 2.75) is 32.1 Å². The Hall–Kier alpha value is -2.88. The summed E-state index contributed by atoms with van der Waals surface area (Å²) in [5.74, 6) is 2.22. The van der Waals surface area contributed by atoms with Crippen LogP contribution in [0.4, 0.5) is 0 Å². The lowest BCUT2D eigenvalue weighted by atomic mass is 9.86. The molecular formula is C24H22O4. The number of fused-ring (bicyclic) bond motifs is 3. The lowest BCUT2D eigenvalue weighted by Crippen LogP contribution is -2.18. The molecule has 0 spiro atoms. The minimum atomic E-state index is -0.194. The Morgan fingerprint density at radius 3 is 2.68 bits per heavy atom. The van der Waals surface area contributed by atoms with Gasteiger partial charge in [-0.3, -0.25) is 9.59 Å². The number of carbonyl (C=O) groups is 1. The molecule has 1 aromatic heterocycles. The van der Waals surface area contributed by atoms with Crippen molar-refractivity contribution >= 4 is 16.9 Å². The molecular weight excluding hydrogens is 352 g/mol. The summed E-state index contributed by atoms with van der Waals surface area (Å²) in [5, 5.41) is 0.481. The van der Waals surface area contributed by atoms with E-state index in [2.05, 4.69) is 0 Å². The number of hydrogen-bond donors (Lipinski definition) is 0. The molecule has 2 aromatic carbocycles. The number of rotatable bonds is 4. The van der Waals surface area contributed by atoms with Crippen molar-refractivity contribution in [1.29, 1.82) is 0 Å². The number of carbonyl (C=O) groups excluding carboxylic acids is 1. The Morgan fingerprint density at radius 2 is 1.93 bits per heavy atom. The van der Waals surface area contributed by atoms with E-state index in [1.807, 2.05) is 30.3 Å². The van der Waals surface area contributed by atoms with Crippen molar-refractivity contribution in [3.8, 4) is 16.9 Å². The smallest absolute Gasteiger partial charge is 0.311 e. The summed E-state index contributed by atoms with van der Waals surface area (Å²) in [7, 11) is 0. The van der Waals surface area contributed by atoms with Crippen molar-refractivity contribution in [3.05, 3.63) is 65.0 Å². The highest BCUT2D eigenvalue weighted by Gasteiger charge is 2.40. The molecule has 2 aliphatic carbocycles. The van der Waals surface area contributed by atoms with Gasteiger partial charge in [-0.1, -0.05) is 36.8 Å². The monoisotopic (exact) mass is 374 g/mol. The molecule has 1 heterocycles. The molecule has 142 valence electrons. The van der Waals surface area contributed by atoms with E-state index in [1.54, 1.807) is 18.2 Å². The molecule has 28 heavy (non-hydrogen) atoms. The molecule has 5 rings (SSSR count). The van der Waals surface area contributed by atoms with Crippen LogP contribution in [-0.4, -0.2) is 5.97 Å². The Balaban J connectivity index is 1.35. The maximum atomic E-state index is 12.8. The second-order valence-corrected chi connectivity index (χ2v) is 8.12. The number of benzene rings is 2. The molecule has 4 heteroatoms. The highest BCUT2D eigenvalue weighted by atomic mass is 16.5. The van der Waals surface area contributed by atoms with Crippen molar-refractivity contribution in [1.82, 2.24) is 0 Å². The van der Waals surface area contributed by atoms with Crippen LogP contribution in [0.3, 0.4) is 0 Å². The van der Waals surface area contributed by atoms with Gasteiger partial charge in [0.1, 0.15) is 17.6 Å². The summed E-state index contributed by atoms with van der Waals surface area (Å²) in [4.78, 5) is 25.2. The van der Waals surface area contributed by atoms with Gasteiger partial charge in [0.15, 0.2) is 5.43 Å². The molecule has 0 amide bonds. The van der Waals surface area contributed by atoms with Gasteiger partial charge in [-0.2, -0.15) is 0 Å². The van der Waals surface area contributed by atoms with Crippen LogP contribution in [0, 0.1) is 17.8 Å². The standard InChI is InChI=1S/C24H22O4/c25-23(12-18-11-15-6-7-17(18)10-15)28-19-8-9-20-22(13-19)27-14-21(24(20)26)16-4-2-1-3-5-16/h1-5,8-9,13-15,17-18H,6-7,10-12H2/t15-,17-,18-/m1/s1. The minimum Gasteiger partial charge on any atom is -0.463 e. The fourth-order valence-corrected chi connectivity index (χ4v) is 5.00. The lowest BCUT2D eigenvalue weighted by Gasteiger charge is -2.20. The summed E-state index contributed by atoms with van der Waals surface area (Å²) in [6.07, 6.45) is 6.98. The summed E-state index contributed by atoms with van der Waals surface area (Å²) in [6.45, 7) is 0. The SMILES string of the molecule is O=C(C[C@H]1C[C@@H]2CC[C@@H]1C2)Oc1ccc2c(=O)c(-c3ccccc3)coc2c1. The van der Waals surface area contributed by atoms with E-state index < -0.39 is 0 Å². The summed E-state index contributed by atoms with van der Waals surface area (Å²) in [5.41, 5.74) is 1.68. The van der Waals surface area contributed by atoms with Crippen molar-refractivity contribution in [3.63, 3.8) is 0 Å². The van der Waals surface area contributed by atoms with Crippen molar-refractivity contribution in [2.24, 2.45) is 17.8 Å². The van der Waals surface area contributed by atoms with Crippen molar-refractivity contribution < 1.29 is 13.9 Å². The van der Waals surface area contributed by atoms with Crippen LogP contribution in [0.5, 0.6) is 5.75 Å². The molecule has 4 nitrogen and oxygen atoms in total. The van der Waals surface area contributed by atoms with Crippen LogP contribution in [-0.2, 0) is 4.79 Å². The molecule has 3 atom stereocenters. The van der Waals surface area contributed by atoms with Gasteiger partial charge in [-0.05, 0) is 54.7 Å². The van der Waals surface area contributed by atoms with Gasteiger partial charge in [0.05, 0.1) is 10.9 Å². The fourth-order valence-electron chi connectivity index (χ4n) is 5.00. The van der Waals surface area contributed by atoms with E-state index in [1.165, 1.54) is 25.5 Å². The van der Waals surface area contributed by atoms with Gasteiger partial charge in [-0.25, -0.2) is 0 Å². The molecule has 0 N–H and O–H groups in total. The molecule has 0 saturated heterocycles. The first-order valence-corrected chi connectivity index (χ1v) is 9.99. The summed E-state index contributed by atoms with van der Waals surface area (Å²) < 4.78 is 11.2. The molecule has 0 aliphatic heterocycles. The van der Waals surface area contributed by atoms with E-state index >= 15 is 0 Å². The second-order valence-electron chi connectivity index (χ2n) is 8.12. The van der Waals surface area contributed by atoms with E-state index in [4.69, 9.17) is 9.15 Å². The molecule has 0 unspecified atom stereocenters. The topological polar surface area (TPSA) is 56.5 Å². The lowest BCUT2D eigenvalue weighted by molar-refractivity contribution is -0.135. The normalized spacial score (nSPS) is 23.2. The number of hydrogen-bond acceptors (Lipinski definition) is 4. The number of ether oxygens (including phenoxy) is 1. The Labute approximate surface area is 163 Å². The zero-order valence-corrected chi connectivity index (χ0v) is 15.6. The average Bonchev–Trinajstić information content (AvgIpc) is 3.32. The first kappa shape index (κ1) is 17.2. The van der Waals surface area contributed by atoms with Gasteiger partial charge in [0.25, 0.3) is 0 Å². The Bertz CT molecular complexity index is 1080.